The number of hydrogen-bond acceptors (Lipinski definition) is 4. The number of H-pyrrole nitrogens is 1. The third kappa shape index (κ3) is 2.94. The molecule has 3 aromatic rings. The van der Waals surface area contributed by atoms with Gasteiger partial charge in [0.2, 0.25) is 0 Å². The number of rotatable bonds is 3. The lowest BCUT2D eigenvalue weighted by Crippen LogP contribution is -2.34. The van der Waals surface area contributed by atoms with E-state index in [9.17, 15) is 4.39 Å². The van der Waals surface area contributed by atoms with Crippen molar-refractivity contribution in [2.75, 3.05) is 13.1 Å². The zero-order valence-corrected chi connectivity index (χ0v) is 12.7. The van der Waals surface area contributed by atoms with Crippen molar-refractivity contribution in [1.82, 2.24) is 25.1 Å². The van der Waals surface area contributed by atoms with Crippen LogP contribution in [0.5, 0.6) is 0 Å². The number of halogens is 1. The smallest absolute Gasteiger partial charge is 0.155 e. The molecule has 0 spiro atoms. The van der Waals surface area contributed by atoms with E-state index in [-0.39, 0.29) is 5.82 Å². The third-order valence-electron chi connectivity index (χ3n) is 4.45. The summed E-state index contributed by atoms with van der Waals surface area (Å²) >= 11 is 0. The Morgan fingerprint density at radius 2 is 2.26 bits per heavy atom. The van der Waals surface area contributed by atoms with Gasteiger partial charge in [-0.25, -0.2) is 9.37 Å². The third-order valence-corrected chi connectivity index (χ3v) is 4.45. The van der Waals surface area contributed by atoms with E-state index in [0.29, 0.717) is 18.2 Å². The van der Waals surface area contributed by atoms with Crippen LogP contribution in [0.15, 0.2) is 36.7 Å². The Morgan fingerprint density at radius 3 is 3.17 bits per heavy atom. The van der Waals surface area contributed by atoms with Crippen molar-refractivity contribution in [3.05, 3.63) is 53.9 Å². The highest BCUT2D eigenvalue weighted by atomic mass is 19.1. The molecule has 0 unspecified atom stereocenters. The molecule has 0 radical (unpaired) electrons. The average Bonchev–Trinajstić information content (AvgIpc) is 3.05. The molecule has 5 nitrogen and oxygen atoms in total. The van der Waals surface area contributed by atoms with E-state index < -0.39 is 0 Å². The summed E-state index contributed by atoms with van der Waals surface area (Å²) in [5.41, 5.74) is 2.42. The summed E-state index contributed by atoms with van der Waals surface area (Å²) in [6.45, 7) is 2.40. The Balaban J connectivity index is 1.51. The van der Waals surface area contributed by atoms with E-state index in [4.69, 9.17) is 0 Å². The molecule has 1 atom stereocenters. The van der Waals surface area contributed by atoms with E-state index in [1.807, 2.05) is 0 Å². The van der Waals surface area contributed by atoms with Crippen molar-refractivity contribution in [3.63, 3.8) is 0 Å². The van der Waals surface area contributed by atoms with Gasteiger partial charge in [-0.3, -0.25) is 15.0 Å². The monoisotopic (exact) mass is 311 g/mol. The zero-order valence-electron chi connectivity index (χ0n) is 12.7. The molecular formula is C17H18FN5. The first-order valence-electron chi connectivity index (χ1n) is 7.91. The standard InChI is InChI=1S/C17H18FN5/c18-14-4-1-7-19-16(14)11-23-8-2-3-13(10-23)15-6-5-12-9-20-22-17(12)21-15/h1,4-7,9,13H,2-3,8,10-11H2,(H,20,21,22)/t13-/m1/s1. The highest BCUT2D eigenvalue weighted by Gasteiger charge is 2.23. The predicted molar refractivity (Wildman–Crippen MR) is 85.3 cm³/mol. The molecule has 1 N–H and O–H groups in total. The van der Waals surface area contributed by atoms with E-state index in [1.165, 1.54) is 6.07 Å². The summed E-state index contributed by atoms with van der Waals surface area (Å²) in [5.74, 6) is 0.134. The molecular weight excluding hydrogens is 293 g/mol. The number of fused-ring (bicyclic) bond motifs is 1. The minimum atomic E-state index is -0.230. The average molecular weight is 311 g/mol. The van der Waals surface area contributed by atoms with Crippen LogP contribution >= 0.6 is 0 Å². The molecule has 0 aliphatic carbocycles. The van der Waals surface area contributed by atoms with Crippen LogP contribution in [0.2, 0.25) is 0 Å². The van der Waals surface area contributed by atoms with Crippen LogP contribution in [0.4, 0.5) is 4.39 Å². The van der Waals surface area contributed by atoms with Gasteiger partial charge in [0.05, 0.1) is 11.9 Å². The number of hydrogen-bond donors (Lipinski definition) is 1. The van der Waals surface area contributed by atoms with Gasteiger partial charge in [-0.15, -0.1) is 0 Å². The van der Waals surface area contributed by atoms with Crippen molar-refractivity contribution in [2.45, 2.75) is 25.3 Å². The molecule has 3 aromatic heterocycles. The molecule has 0 saturated carbocycles. The Bertz CT molecular complexity index is 815. The second-order valence-corrected chi connectivity index (χ2v) is 6.05. The van der Waals surface area contributed by atoms with Crippen molar-refractivity contribution >= 4 is 11.0 Å². The molecule has 118 valence electrons. The van der Waals surface area contributed by atoms with Gasteiger partial charge in [-0.2, -0.15) is 5.10 Å². The second-order valence-electron chi connectivity index (χ2n) is 6.05. The van der Waals surface area contributed by atoms with Crippen LogP contribution in [-0.2, 0) is 6.54 Å². The van der Waals surface area contributed by atoms with E-state index in [2.05, 4.69) is 37.2 Å². The van der Waals surface area contributed by atoms with Crippen LogP contribution in [-0.4, -0.2) is 38.2 Å². The summed E-state index contributed by atoms with van der Waals surface area (Å²) in [4.78, 5) is 11.1. The Kier molecular flexibility index (Phi) is 3.75. The highest BCUT2D eigenvalue weighted by molar-refractivity contribution is 5.73. The molecule has 23 heavy (non-hydrogen) atoms. The molecule has 1 fully saturated rings. The van der Waals surface area contributed by atoms with E-state index in [0.717, 1.165) is 42.7 Å². The minimum Gasteiger partial charge on any atom is -0.297 e. The maximum Gasteiger partial charge on any atom is 0.155 e. The maximum absolute atomic E-state index is 13.8. The Morgan fingerprint density at radius 1 is 1.30 bits per heavy atom. The number of likely N-dealkylation sites (tertiary alicyclic amines) is 1. The van der Waals surface area contributed by atoms with Gasteiger partial charge >= 0.3 is 0 Å². The lowest BCUT2D eigenvalue weighted by atomic mass is 9.94. The molecule has 6 heteroatoms. The van der Waals surface area contributed by atoms with Crippen LogP contribution < -0.4 is 0 Å². The first kappa shape index (κ1) is 14.3. The Hall–Kier alpha value is -2.34. The van der Waals surface area contributed by atoms with Crippen LogP contribution in [0.25, 0.3) is 11.0 Å². The van der Waals surface area contributed by atoms with E-state index >= 15 is 0 Å². The first-order chi connectivity index (χ1) is 11.3. The number of pyridine rings is 2. The molecule has 1 saturated heterocycles. The van der Waals surface area contributed by atoms with Gasteiger partial charge in [-0.05, 0) is 43.7 Å². The number of aromatic amines is 1. The quantitative estimate of drug-likeness (QED) is 0.808. The zero-order chi connectivity index (χ0) is 15.6. The van der Waals surface area contributed by atoms with Crippen molar-refractivity contribution in [3.8, 4) is 0 Å². The molecule has 0 bridgehead atoms. The Labute approximate surface area is 133 Å². The van der Waals surface area contributed by atoms with E-state index in [1.54, 1.807) is 18.5 Å². The SMILES string of the molecule is Fc1cccnc1CN1CCC[C@@H](c2ccc3cn[nH]c3n2)C1. The molecule has 1 aliphatic rings. The molecule has 4 rings (SSSR count). The van der Waals surface area contributed by atoms with Crippen LogP contribution in [0.3, 0.4) is 0 Å². The molecule has 4 heterocycles. The van der Waals surface area contributed by atoms with Crippen molar-refractivity contribution in [2.24, 2.45) is 0 Å². The highest BCUT2D eigenvalue weighted by Crippen LogP contribution is 2.27. The summed E-state index contributed by atoms with van der Waals surface area (Å²) < 4.78 is 13.8. The molecule has 0 aromatic carbocycles. The van der Waals surface area contributed by atoms with Gasteiger partial charge < -0.3 is 0 Å². The van der Waals surface area contributed by atoms with Crippen molar-refractivity contribution < 1.29 is 4.39 Å². The van der Waals surface area contributed by atoms with Crippen LogP contribution in [0.1, 0.15) is 30.1 Å². The molecule has 0 amide bonds. The van der Waals surface area contributed by atoms with Gasteiger partial charge in [0.15, 0.2) is 5.65 Å². The minimum absolute atomic E-state index is 0.230. The number of nitrogens with zero attached hydrogens (tertiary/aromatic N) is 4. The normalized spacial score (nSPS) is 19.3. The van der Waals surface area contributed by atoms with Gasteiger partial charge in [-0.1, -0.05) is 0 Å². The maximum atomic E-state index is 13.8. The fourth-order valence-electron chi connectivity index (χ4n) is 3.26. The number of piperidine rings is 1. The largest absolute Gasteiger partial charge is 0.297 e. The van der Waals surface area contributed by atoms with Gasteiger partial charge in [0.25, 0.3) is 0 Å². The van der Waals surface area contributed by atoms with Crippen LogP contribution in [0, 0.1) is 5.82 Å². The number of nitrogens with one attached hydrogen (secondary N) is 1. The summed E-state index contributed by atoms with van der Waals surface area (Å²) in [5, 5.41) is 7.97. The lowest BCUT2D eigenvalue weighted by Gasteiger charge is -2.32. The van der Waals surface area contributed by atoms with Crippen molar-refractivity contribution in [1.29, 1.82) is 0 Å². The molecule has 1 aliphatic heterocycles. The predicted octanol–water partition coefficient (Wildman–Crippen LogP) is 2.87. The summed E-state index contributed by atoms with van der Waals surface area (Å²) in [6.07, 6.45) is 5.62. The second kappa shape index (κ2) is 6.04. The summed E-state index contributed by atoms with van der Waals surface area (Å²) in [7, 11) is 0. The van der Waals surface area contributed by atoms with Gasteiger partial charge in [0, 0.05) is 36.3 Å². The fraction of sp³-hybridized carbons (Fsp3) is 0.353. The number of aromatic nitrogens is 4. The topological polar surface area (TPSA) is 57.7 Å². The first-order valence-corrected chi connectivity index (χ1v) is 7.91. The summed E-state index contributed by atoms with van der Waals surface area (Å²) in [6, 6.07) is 7.23. The van der Waals surface area contributed by atoms with Gasteiger partial charge in [0.1, 0.15) is 5.82 Å². The lowest BCUT2D eigenvalue weighted by molar-refractivity contribution is 0.194. The fourth-order valence-corrected chi connectivity index (χ4v) is 3.26.